The van der Waals surface area contributed by atoms with E-state index in [1.54, 1.807) is 12.1 Å². The fourth-order valence-electron chi connectivity index (χ4n) is 1.24. The van der Waals surface area contributed by atoms with Gasteiger partial charge in [-0.2, -0.15) is 0 Å². The maximum absolute atomic E-state index is 10.8. The van der Waals surface area contributed by atoms with Gasteiger partial charge in [0.2, 0.25) is 0 Å². The second-order valence-electron chi connectivity index (χ2n) is 3.34. The van der Waals surface area contributed by atoms with Crippen LogP contribution in [0.25, 0.3) is 0 Å². The zero-order valence-corrected chi connectivity index (χ0v) is 8.64. The van der Waals surface area contributed by atoms with Crippen LogP contribution in [0.4, 0.5) is 0 Å². The summed E-state index contributed by atoms with van der Waals surface area (Å²) in [5.41, 5.74) is 6.34. The Labute approximate surface area is 88.7 Å². The number of carboxylic acid groups (broad SMARTS) is 1. The molecule has 1 unspecified atom stereocenters. The number of aryl methyl sites for hydroxylation is 1. The molecule has 4 nitrogen and oxygen atoms in total. The quantitative estimate of drug-likeness (QED) is 0.763. The summed E-state index contributed by atoms with van der Waals surface area (Å²) in [5.74, 6) is -0.419. The largest absolute Gasteiger partial charge is 0.479 e. The predicted octanol–water partition coefficient (Wildman–Crippen LogP) is 1.18. The first-order chi connectivity index (χ1) is 7.13. The lowest BCUT2D eigenvalue weighted by Crippen LogP contribution is -2.29. The van der Waals surface area contributed by atoms with E-state index in [9.17, 15) is 4.79 Å². The van der Waals surface area contributed by atoms with E-state index in [2.05, 4.69) is 0 Å². The Kier molecular flexibility index (Phi) is 4.12. The minimum absolute atomic E-state index is 0.294. The van der Waals surface area contributed by atoms with Crippen LogP contribution < -0.4 is 10.5 Å². The fourth-order valence-corrected chi connectivity index (χ4v) is 1.24. The van der Waals surface area contributed by atoms with E-state index in [0.717, 1.165) is 5.56 Å². The van der Waals surface area contributed by atoms with Gasteiger partial charge in [-0.3, -0.25) is 0 Å². The topological polar surface area (TPSA) is 72.5 Å². The van der Waals surface area contributed by atoms with Crippen LogP contribution in [0.3, 0.4) is 0 Å². The molecule has 0 aliphatic heterocycles. The van der Waals surface area contributed by atoms with Crippen LogP contribution in [0, 0.1) is 6.92 Å². The summed E-state index contributed by atoms with van der Waals surface area (Å²) in [6.45, 7) is 2.22. The van der Waals surface area contributed by atoms with Gasteiger partial charge in [-0.25, -0.2) is 4.79 Å². The molecule has 0 saturated heterocycles. The fraction of sp³-hybridized carbons (Fsp3) is 0.364. The Morgan fingerprint density at radius 2 is 2.33 bits per heavy atom. The highest BCUT2D eigenvalue weighted by Crippen LogP contribution is 2.15. The van der Waals surface area contributed by atoms with Gasteiger partial charge in [0.15, 0.2) is 6.10 Å². The highest BCUT2D eigenvalue weighted by molar-refractivity contribution is 5.72. The second-order valence-corrected chi connectivity index (χ2v) is 3.34. The third-order valence-electron chi connectivity index (χ3n) is 1.97. The van der Waals surface area contributed by atoms with E-state index in [1.807, 2.05) is 19.1 Å². The van der Waals surface area contributed by atoms with Gasteiger partial charge in [0.25, 0.3) is 0 Å². The molecule has 0 spiro atoms. The summed E-state index contributed by atoms with van der Waals surface area (Å²) < 4.78 is 5.32. The number of ether oxygens (including phenoxy) is 1. The summed E-state index contributed by atoms with van der Waals surface area (Å²) in [5, 5.41) is 8.85. The van der Waals surface area contributed by atoms with Crippen molar-refractivity contribution in [2.45, 2.75) is 19.4 Å². The number of benzene rings is 1. The number of rotatable bonds is 5. The molecule has 0 amide bonds. The van der Waals surface area contributed by atoms with Crippen LogP contribution in [0.5, 0.6) is 5.75 Å². The van der Waals surface area contributed by atoms with Crippen molar-refractivity contribution in [2.75, 3.05) is 6.54 Å². The molecular formula is C11H15NO3. The summed E-state index contributed by atoms with van der Waals surface area (Å²) in [6, 6.07) is 7.28. The molecule has 0 aromatic heterocycles. The van der Waals surface area contributed by atoms with E-state index in [1.165, 1.54) is 0 Å². The molecule has 1 rings (SSSR count). The third-order valence-corrected chi connectivity index (χ3v) is 1.97. The summed E-state index contributed by atoms with van der Waals surface area (Å²) in [7, 11) is 0. The number of carbonyl (C=O) groups is 1. The molecule has 1 atom stereocenters. The van der Waals surface area contributed by atoms with Crippen molar-refractivity contribution < 1.29 is 14.6 Å². The number of carboxylic acids is 1. The van der Waals surface area contributed by atoms with E-state index < -0.39 is 12.1 Å². The average Bonchev–Trinajstić information content (AvgIpc) is 2.17. The average molecular weight is 209 g/mol. The highest BCUT2D eigenvalue weighted by atomic mass is 16.5. The first kappa shape index (κ1) is 11.5. The number of hydrogen-bond acceptors (Lipinski definition) is 3. The number of nitrogens with two attached hydrogens (primary N) is 1. The molecule has 4 heteroatoms. The minimum Gasteiger partial charge on any atom is -0.479 e. The number of hydrogen-bond donors (Lipinski definition) is 2. The van der Waals surface area contributed by atoms with Gasteiger partial charge in [-0.05, 0) is 31.2 Å². The van der Waals surface area contributed by atoms with Gasteiger partial charge in [-0.15, -0.1) is 0 Å². The lowest BCUT2D eigenvalue weighted by atomic mass is 10.2. The molecule has 82 valence electrons. The Morgan fingerprint density at radius 3 is 2.87 bits per heavy atom. The summed E-state index contributed by atoms with van der Waals surface area (Å²) in [4.78, 5) is 10.8. The molecule has 0 aliphatic carbocycles. The van der Waals surface area contributed by atoms with Crippen LogP contribution in [0.15, 0.2) is 24.3 Å². The van der Waals surface area contributed by atoms with Crippen LogP contribution in [-0.4, -0.2) is 23.7 Å². The Hall–Kier alpha value is -1.55. The van der Waals surface area contributed by atoms with Gasteiger partial charge in [-0.1, -0.05) is 12.1 Å². The van der Waals surface area contributed by atoms with E-state index >= 15 is 0 Å². The van der Waals surface area contributed by atoms with Crippen LogP contribution in [0.1, 0.15) is 12.0 Å². The lowest BCUT2D eigenvalue weighted by molar-refractivity contribution is -0.145. The zero-order valence-electron chi connectivity index (χ0n) is 8.64. The van der Waals surface area contributed by atoms with Gasteiger partial charge in [0.1, 0.15) is 5.75 Å². The monoisotopic (exact) mass is 209 g/mol. The van der Waals surface area contributed by atoms with Crippen molar-refractivity contribution in [2.24, 2.45) is 5.73 Å². The van der Waals surface area contributed by atoms with Crippen molar-refractivity contribution >= 4 is 5.97 Å². The molecule has 0 aliphatic rings. The Bertz CT molecular complexity index is 338. The lowest BCUT2D eigenvalue weighted by Gasteiger charge is -2.14. The molecule has 15 heavy (non-hydrogen) atoms. The molecular weight excluding hydrogens is 194 g/mol. The van der Waals surface area contributed by atoms with Gasteiger partial charge in [0.05, 0.1) is 0 Å². The molecule has 0 fully saturated rings. The smallest absolute Gasteiger partial charge is 0.344 e. The standard InChI is InChI=1S/C11H15NO3/c1-8-3-2-4-9(7-8)15-10(5-6-12)11(13)14/h2-4,7,10H,5-6,12H2,1H3,(H,13,14). The summed E-state index contributed by atoms with van der Waals surface area (Å²) >= 11 is 0. The van der Waals surface area contributed by atoms with Crippen LogP contribution in [-0.2, 0) is 4.79 Å². The van der Waals surface area contributed by atoms with E-state index in [4.69, 9.17) is 15.6 Å². The molecule has 1 aromatic rings. The van der Waals surface area contributed by atoms with Crippen LogP contribution >= 0.6 is 0 Å². The zero-order chi connectivity index (χ0) is 11.3. The van der Waals surface area contributed by atoms with Crippen molar-refractivity contribution in [3.63, 3.8) is 0 Å². The molecule has 1 aromatic carbocycles. The number of aliphatic carboxylic acids is 1. The highest BCUT2D eigenvalue weighted by Gasteiger charge is 2.17. The Balaban J connectivity index is 2.69. The second kappa shape index (κ2) is 5.36. The molecule has 0 bridgehead atoms. The molecule has 3 N–H and O–H groups in total. The third kappa shape index (κ3) is 3.59. The predicted molar refractivity (Wildman–Crippen MR) is 56.9 cm³/mol. The van der Waals surface area contributed by atoms with Crippen molar-refractivity contribution in [1.29, 1.82) is 0 Å². The molecule has 0 saturated carbocycles. The molecule has 0 radical (unpaired) electrons. The van der Waals surface area contributed by atoms with Gasteiger partial charge < -0.3 is 15.6 Å². The van der Waals surface area contributed by atoms with E-state index in [-0.39, 0.29) is 0 Å². The normalized spacial score (nSPS) is 12.1. The van der Waals surface area contributed by atoms with E-state index in [0.29, 0.717) is 18.7 Å². The van der Waals surface area contributed by atoms with Gasteiger partial charge in [0, 0.05) is 6.42 Å². The van der Waals surface area contributed by atoms with Gasteiger partial charge >= 0.3 is 5.97 Å². The Morgan fingerprint density at radius 1 is 1.60 bits per heavy atom. The first-order valence-corrected chi connectivity index (χ1v) is 4.79. The first-order valence-electron chi connectivity index (χ1n) is 4.79. The van der Waals surface area contributed by atoms with Crippen molar-refractivity contribution in [3.05, 3.63) is 29.8 Å². The van der Waals surface area contributed by atoms with Crippen molar-refractivity contribution in [1.82, 2.24) is 0 Å². The SMILES string of the molecule is Cc1cccc(OC(CCN)C(=O)O)c1. The maximum atomic E-state index is 10.8. The summed E-state index contributed by atoms with van der Waals surface area (Å²) in [6.07, 6.45) is -0.555. The van der Waals surface area contributed by atoms with Crippen molar-refractivity contribution in [3.8, 4) is 5.75 Å². The minimum atomic E-state index is -0.984. The van der Waals surface area contributed by atoms with Crippen LogP contribution in [0.2, 0.25) is 0 Å². The maximum Gasteiger partial charge on any atom is 0.344 e. The molecule has 0 heterocycles.